The topological polar surface area (TPSA) is 29.5 Å². The van der Waals surface area contributed by atoms with Gasteiger partial charge in [-0.2, -0.15) is 0 Å². The maximum atomic E-state index is 8.52. The Hall–Kier alpha value is 0.275. The van der Waals surface area contributed by atoms with Gasteiger partial charge in [0.2, 0.25) is 0 Å². The van der Waals surface area contributed by atoms with Crippen molar-refractivity contribution in [2.45, 2.75) is 18.3 Å². The van der Waals surface area contributed by atoms with Crippen molar-refractivity contribution in [3.63, 3.8) is 0 Å². The molecule has 0 spiro atoms. The van der Waals surface area contributed by atoms with Gasteiger partial charge in [0.05, 0.1) is 12.0 Å². The van der Waals surface area contributed by atoms with Gasteiger partial charge in [-0.1, -0.05) is 0 Å². The first-order chi connectivity index (χ1) is 4.22. The highest BCUT2D eigenvalue weighted by molar-refractivity contribution is 6.26. The third-order valence-electron chi connectivity index (χ3n) is 1.11. The predicted molar refractivity (Wildman–Crippen MR) is 40.7 cm³/mol. The third kappa shape index (κ3) is 3.79. The van der Waals surface area contributed by atoms with E-state index in [0.717, 1.165) is 0 Å². The van der Waals surface area contributed by atoms with Crippen molar-refractivity contribution in [1.82, 2.24) is 0 Å². The molecule has 0 aliphatic carbocycles. The zero-order chi connectivity index (χ0) is 7.28. The van der Waals surface area contributed by atoms with Crippen molar-refractivity contribution >= 4 is 19.4 Å². The van der Waals surface area contributed by atoms with E-state index in [0.29, 0.717) is 6.61 Å². The molecule has 0 amide bonds. The van der Waals surface area contributed by atoms with E-state index >= 15 is 0 Å². The second-order valence-corrected chi connectivity index (χ2v) is 2.42. The predicted octanol–water partition coefficient (Wildman–Crippen LogP) is -0.418. The fourth-order valence-electron chi connectivity index (χ4n) is 0.516. The molecular weight excluding hydrogens is 138 g/mol. The Morgan fingerprint density at radius 3 is 2.67 bits per heavy atom. The van der Waals surface area contributed by atoms with Crippen LogP contribution in [-0.2, 0) is 4.74 Å². The molecule has 0 aromatic rings. The quantitative estimate of drug-likeness (QED) is 0.436. The highest BCUT2D eigenvalue weighted by Gasteiger charge is 2.11. The van der Waals surface area contributed by atoms with E-state index in [2.05, 4.69) is 0 Å². The summed E-state index contributed by atoms with van der Waals surface area (Å²) in [6.07, 6.45) is 0. The molecule has 2 atom stereocenters. The minimum absolute atomic E-state index is 0.0251. The van der Waals surface area contributed by atoms with E-state index in [-0.39, 0.29) is 18.0 Å². The molecule has 0 radical (unpaired) electrons. The summed E-state index contributed by atoms with van der Waals surface area (Å²) in [7, 11) is 1.84. The smallest absolute Gasteiger partial charge is 0.141 e. The van der Waals surface area contributed by atoms with Crippen LogP contribution in [0.5, 0.6) is 0 Å². The van der Waals surface area contributed by atoms with Crippen molar-refractivity contribution in [3.05, 3.63) is 0 Å². The first-order valence-corrected chi connectivity index (χ1v) is 3.52. The maximum Gasteiger partial charge on any atom is 0.141 e. The van der Waals surface area contributed by atoms with E-state index in [1.165, 1.54) is 0 Å². The van der Waals surface area contributed by atoms with E-state index in [9.17, 15) is 0 Å². The standard InChI is InChI=1S/C5H12BClO2/c1-2-9-5(6)4(7)3-8/h4-5,8H,2-3,6H2,1H3/t4-,5-/m1/s1. The number of aliphatic hydroxyl groups excluding tert-OH is 1. The van der Waals surface area contributed by atoms with Gasteiger partial charge >= 0.3 is 0 Å². The average Bonchev–Trinajstić information content (AvgIpc) is 1.87. The van der Waals surface area contributed by atoms with Crippen LogP contribution in [0.2, 0.25) is 0 Å². The second kappa shape index (κ2) is 5.09. The lowest BCUT2D eigenvalue weighted by atomic mass is 9.97. The molecular formula is C5H12BClO2. The molecule has 0 aromatic carbocycles. The monoisotopic (exact) mass is 150 g/mol. The van der Waals surface area contributed by atoms with Crippen molar-refractivity contribution in [3.8, 4) is 0 Å². The normalized spacial score (nSPS) is 17.2. The number of hydrogen-bond acceptors (Lipinski definition) is 2. The molecule has 0 rings (SSSR count). The third-order valence-corrected chi connectivity index (χ3v) is 1.61. The molecule has 0 aromatic heterocycles. The Bertz CT molecular complexity index is 72.0. The van der Waals surface area contributed by atoms with E-state index < -0.39 is 0 Å². The molecule has 0 aliphatic heterocycles. The van der Waals surface area contributed by atoms with Crippen LogP contribution >= 0.6 is 11.6 Å². The summed E-state index contributed by atoms with van der Waals surface area (Å²) in [6, 6.07) is -0.0540. The molecule has 0 unspecified atom stereocenters. The number of aliphatic hydroxyl groups is 1. The van der Waals surface area contributed by atoms with Crippen molar-refractivity contribution in [1.29, 1.82) is 0 Å². The molecule has 0 heterocycles. The van der Waals surface area contributed by atoms with Gasteiger partial charge in [-0.25, -0.2) is 0 Å². The molecule has 0 saturated carbocycles. The van der Waals surface area contributed by atoms with Gasteiger partial charge in [0.15, 0.2) is 0 Å². The average molecular weight is 150 g/mol. The number of rotatable bonds is 4. The number of ether oxygens (including phenoxy) is 1. The molecule has 0 saturated heterocycles. The SMILES string of the molecule is B[C@H](OCC)[C@H](Cl)CO. The van der Waals surface area contributed by atoms with Crippen LogP contribution in [0.4, 0.5) is 0 Å². The molecule has 0 aliphatic rings. The zero-order valence-corrected chi connectivity index (χ0v) is 6.56. The highest BCUT2D eigenvalue weighted by Crippen LogP contribution is 2.01. The molecule has 1 N–H and O–H groups in total. The van der Waals surface area contributed by atoms with Crippen LogP contribution in [0.1, 0.15) is 6.92 Å². The highest BCUT2D eigenvalue weighted by atomic mass is 35.5. The minimum Gasteiger partial charge on any atom is -0.395 e. The molecule has 4 heteroatoms. The van der Waals surface area contributed by atoms with Crippen LogP contribution < -0.4 is 0 Å². The number of hydrogen-bond donors (Lipinski definition) is 1. The van der Waals surface area contributed by atoms with Gasteiger partial charge in [-0.05, 0) is 6.92 Å². The summed E-state index contributed by atoms with van der Waals surface area (Å²) in [5.41, 5.74) is 0. The number of alkyl halides is 1. The van der Waals surface area contributed by atoms with Crippen molar-refractivity contribution < 1.29 is 9.84 Å². The molecule has 9 heavy (non-hydrogen) atoms. The van der Waals surface area contributed by atoms with Crippen LogP contribution in [0.25, 0.3) is 0 Å². The summed E-state index contributed by atoms with van der Waals surface area (Å²) in [5.74, 6) is 0. The summed E-state index contributed by atoms with van der Waals surface area (Å²) in [6.45, 7) is 2.52. The lowest BCUT2D eigenvalue weighted by molar-refractivity contribution is 0.100. The Morgan fingerprint density at radius 2 is 2.33 bits per heavy atom. The summed E-state index contributed by atoms with van der Waals surface area (Å²) < 4.78 is 5.10. The lowest BCUT2D eigenvalue weighted by Gasteiger charge is -2.14. The molecule has 0 fully saturated rings. The summed E-state index contributed by atoms with van der Waals surface area (Å²) >= 11 is 5.62. The Balaban J connectivity index is 3.32. The van der Waals surface area contributed by atoms with Gasteiger partial charge in [0.25, 0.3) is 0 Å². The molecule has 0 bridgehead atoms. The van der Waals surface area contributed by atoms with E-state index in [4.69, 9.17) is 21.4 Å². The van der Waals surface area contributed by atoms with Gasteiger partial charge in [0.1, 0.15) is 7.85 Å². The van der Waals surface area contributed by atoms with Crippen LogP contribution in [0.15, 0.2) is 0 Å². The fourth-order valence-corrected chi connectivity index (χ4v) is 0.588. The van der Waals surface area contributed by atoms with Crippen molar-refractivity contribution in [2.75, 3.05) is 13.2 Å². The largest absolute Gasteiger partial charge is 0.395 e. The fraction of sp³-hybridized carbons (Fsp3) is 1.00. The molecule has 2 nitrogen and oxygen atoms in total. The van der Waals surface area contributed by atoms with Gasteiger partial charge in [-0.3, -0.25) is 0 Å². The minimum atomic E-state index is -0.273. The van der Waals surface area contributed by atoms with E-state index in [1.54, 1.807) is 0 Å². The Labute approximate surface area is 61.6 Å². The van der Waals surface area contributed by atoms with Crippen LogP contribution in [0.3, 0.4) is 0 Å². The summed E-state index contributed by atoms with van der Waals surface area (Å²) in [5, 5.41) is 8.25. The van der Waals surface area contributed by atoms with Gasteiger partial charge < -0.3 is 9.84 Å². The first kappa shape index (κ1) is 9.27. The van der Waals surface area contributed by atoms with Crippen molar-refractivity contribution in [2.24, 2.45) is 0 Å². The lowest BCUT2D eigenvalue weighted by Crippen LogP contribution is -2.27. The number of halogens is 1. The Kier molecular flexibility index (Phi) is 5.25. The van der Waals surface area contributed by atoms with Gasteiger partial charge in [-0.15, -0.1) is 11.6 Å². The first-order valence-electron chi connectivity index (χ1n) is 3.08. The van der Waals surface area contributed by atoms with E-state index in [1.807, 2.05) is 14.8 Å². The molecule has 54 valence electrons. The van der Waals surface area contributed by atoms with Crippen LogP contribution in [-0.4, -0.2) is 37.5 Å². The Morgan fingerprint density at radius 1 is 1.78 bits per heavy atom. The maximum absolute atomic E-state index is 8.52. The zero-order valence-electron chi connectivity index (χ0n) is 5.80. The van der Waals surface area contributed by atoms with Gasteiger partial charge in [0, 0.05) is 12.6 Å². The van der Waals surface area contributed by atoms with Crippen LogP contribution in [0, 0.1) is 0 Å². The second-order valence-electron chi connectivity index (χ2n) is 1.86. The summed E-state index contributed by atoms with van der Waals surface area (Å²) in [4.78, 5) is 0.